The van der Waals surface area contributed by atoms with E-state index in [1.54, 1.807) is 12.5 Å². The highest BCUT2D eigenvalue weighted by Crippen LogP contribution is 2.07. The molecule has 0 spiro atoms. The highest BCUT2D eigenvalue weighted by Gasteiger charge is 2.14. The molecule has 0 saturated heterocycles. The van der Waals surface area contributed by atoms with Gasteiger partial charge in [0, 0.05) is 31.7 Å². The summed E-state index contributed by atoms with van der Waals surface area (Å²) < 4.78 is 28.5. The first kappa shape index (κ1) is 15.5. The number of hydrogen-bond donors (Lipinski definition) is 2. The van der Waals surface area contributed by atoms with Crippen LogP contribution in [0.25, 0.3) is 0 Å². The van der Waals surface area contributed by atoms with Gasteiger partial charge in [0.05, 0.1) is 12.0 Å². The smallest absolute Gasteiger partial charge is 0.242 e. The van der Waals surface area contributed by atoms with Crippen LogP contribution in [0.1, 0.15) is 12.1 Å². The Morgan fingerprint density at radius 1 is 1.43 bits per heavy atom. The van der Waals surface area contributed by atoms with Crippen LogP contribution in [0.5, 0.6) is 0 Å². The summed E-state index contributed by atoms with van der Waals surface area (Å²) in [5.41, 5.74) is 5.81. The third-order valence-electron chi connectivity index (χ3n) is 2.74. The molecule has 2 rings (SSSR count). The summed E-state index contributed by atoms with van der Waals surface area (Å²) >= 11 is 4.77. The van der Waals surface area contributed by atoms with Crippen LogP contribution in [0.2, 0.25) is 0 Å². The van der Waals surface area contributed by atoms with E-state index in [4.69, 9.17) is 18.0 Å². The van der Waals surface area contributed by atoms with Gasteiger partial charge < -0.3 is 10.3 Å². The second-order valence-corrected chi connectivity index (χ2v) is 6.50. The molecule has 0 atom stereocenters. The van der Waals surface area contributed by atoms with Gasteiger partial charge in [-0.3, -0.25) is 4.98 Å². The van der Waals surface area contributed by atoms with E-state index in [0.29, 0.717) is 25.2 Å². The van der Waals surface area contributed by atoms with E-state index in [1.807, 2.05) is 10.8 Å². The number of rotatable bonds is 7. The Labute approximate surface area is 128 Å². The maximum atomic E-state index is 12.0. The molecule has 21 heavy (non-hydrogen) atoms. The third-order valence-corrected chi connectivity index (χ3v) is 4.40. The van der Waals surface area contributed by atoms with Gasteiger partial charge in [0.25, 0.3) is 0 Å². The van der Waals surface area contributed by atoms with E-state index < -0.39 is 10.0 Å². The lowest BCUT2D eigenvalue weighted by atomic mass is 10.3. The van der Waals surface area contributed by atoms with Crippen LogP contribution in [0.4, 0.5) is 0 Å². The molecule has 0 aliphatic carbocycles. The number of nitrogens with one attached hydrogen (secondary N) is 1. The lowest BCUT2D eigenvalue weighted by Gasteiger charge is -2.07. The lowest BCUT2D eigenvalue weighted by Crippen LogP contribution is -2.26. The summed E-state index contributed by atoms with van der Waals surface area (Å²) in [5, 5.41) is 0. The average molecular weight is 325 g/mol. The fourth-order valence-electron chi connectivity index (χ4n) is 1.66. The summed E-state index contributed by atoms with van der Waals surface area (Å²) in [5.74, 6) is 0. The van der Waals surface area contributed by atoms with Crippen molar-refractivity contribution >= 4 is 27.2 Å². The molecule has 7 nitrogen and oxygen atoms in total. The minimum atomic E-state index is -3.57. The predicted molar refractivity (Wildman–Crippen MR) is 82.2 cm³/mol. The molecule has 9 heteroatoms. The number of nitrogens with zero attached hydrogens (tertiary/aromatic N) is 3. The molecule has 0 fully saturated rings. The van der Waals surface area contributed by atoms with Crippen molar-refractivity contribution in [2.75, 3.05) is 6.54 Å². The van der Waals surface area contributed by atoms with Crippen LogP contribution in [0.3, 0.4) is 0 Å². The van der Waals surface area contributed by atoms with Gasteiger partial charge in [-0.15, -0.1) is 0 Å². The van der Waals surface area contributed by atoms with Crippen molar-refractivity contribution in [1.29, 1.82) is 0 Å². The average Bonchev–Trinajstić information content (AvgIpc) is 2.97. The van der Waals surface area contributed by atoms with Crippen molar-refractivity contribution in [3.8, 4) is 0 Å². The maximum Gasteiger partial charge on any atom is 0.242 e. The zero-order valence-corrected chi connectivity index (χ0v) is 12.8. The second-order valence-electron chi connectivity index (χ2n) is 4.30. The molecule has 3 N–H and O–H groups in total. The van der Waals surface area contributed by atoms with Crippen LogP contribution in [0, 0.1) is 0 Å². The predicted octanol–water partition coefficient (Wildman–Crippen LogP) is 0.281. The van der Waals surface area contributed by atoms with E-state index >= 15 is 0 Å². The Hall–Kier alpha value is -1.84. The fourth-order valence-corrected chi connectivity index (χ4v) is 2.79. The van der Waals surface area contributed by atoms with Crippen molar-refractivity contribution in [2.45, 2.75) is 17.9 Å². The third kappa shape index (κ3) is 4.31. The molecule has 2 heterocycles. The van der Waals surface area contributed by atoms with Crippen molar-refractivity contribution in [3.63, 3.8) is 0 Å². The zero-order valence-electron chi connectivity index (χ0n) is 11.1. The molecule has 0 amide bonds. The molecule has 2 aromatic rings. The highest BCUT2D eigenvalue weighted by atomic mass is 32.2. The number of pyridine rings is 1. The van der Waals surface area contributed by atoms with Crippen molar-refractivity contribution in [3.05, 3.63) is 42.7 Å². The molecule has 0 aromatic carbocycles. The number of aromatic nitrogens is 3. The Morgan fingerprint density at radius 2 is 2.24 bits per heavy atom. The standard InChI is InChI=1S/C12H15N5O2S2/c13-12(20)11-3-2-10(8-15-11)21(18,19)16-4-1-6-17-7-5-14-9-17/h2-3,5,7-9,16H,1,4,6H2,(H2,13,20). The first-order valence-electron chi connectivity index (χ1n) is 6.20. The van der Waals surface area contributed by atoms with E-state index in [0.717, 1.165) is 0 Å². The first-order valence-corrected chi connectivity index (χ1v) is 8.09. The lowest BCUT2D eigenvalue weighted by molar-refractivity contribution is 0.569. The van der Waals surface area contributed by atoms with Crippen LogP contribution in [-0.4, -0.2) is 34.5 Å². The van der Waals surface area contributed by atoms with Gasteiger partial charge in [-0.25, -0.2) is 18.1 Å². The number of hydrogen-bond acceptors (Lipinski definition) is 5. The van der Waals surface area contributed by atoms with Crippen LogP contribution >= 0.6 is 12.2 Å². The fraction of sp³-hybridized carbons (Fsp3) is 0.250. The summed E-state index contributed by atoms with van der Waals surface area (Å²) in [6, 6.07) is 2.92. The molecule has 0 bridgehead atoms. The van der Waals surface area contributed by atoms with Crippen molar-refractivity contribution in [1.82, 2.24) is 19.3 Å². The summed E-state index contributed by atoms with van der Waals surface area (Å²) in [6.45, 7) is 1.03. The monoisotopic (exact) mass is 325 g/mol. The highest BCUT2D eigenvalue weighted by molar-refractivity contribution is 7.89. The molecular formula is C12H15N5O2S2. The zero-order chi connectivity index (χ0) is 15.3. The maximum absolute atomic E-state index is 12.0. The van der Waals surface area contributed by atoms with Crippen molar-refractivity contribution < 1.29 is 8.42 Å². The van der Waals surface area contributed by atoms with E-state index in [9.17, 15) is 8.42 Å². The van der Waals surface area contributed by atoms with Crippen LogP contribution in [-0.2, 0) is 16.6 Å². The number of thiocarbonyl (C=S) groups is 1. The summed E-state index contributed by atoms with van der Waals surface area (Å²) in [6.07, 6.45) is 7.10. The number of imidazole rings is 1. The molecular weight excluding hydrogens is 310 g/mol. The van der Waals surface area contributed by atoms with Gasteiger partial charge in [-0.1, -0.05) is 12.2 Å². The van der Waals surface area contributed by atoms with Gasteiger partial charge in [0.15, 0.2) is 0 Å². The molecule has 0 saturated carbocycles. The Morgan fingerprint density at radius 3 is 2.81 bits per heavy atom. The quantitative estimate of drug-likeness (QED) is 0.560. The van der Waals surface area contributed by atoms with Crippen LogP contribution < -0.4 is 10.5 Å². The van der Waals surface area contributed by atoms with Crippen molar-refractivity contribution in [2.24, 2.45) is 5.73 Å². The molecule has 0 unspecified atom stereocenters. The normalized spacial score (nSPS) is 11.4. The van der Waals surface area contributed by atoms with E-state index in [1.165, 1.54) is 18.3 Å². The van der Waals surface area contributed by atoms with E-state index in [-0.39, 0.29) is 9.88 Å². The SMILES string of the molecule is NC(=S)c1ccc(S(=O)(=O)NCCCn2ccnc2)cn1. The number of nitrogens with two attached hydrogens (primary N) is 1. The van der Waals surface area contributed by atoms with Gasteiger partial charge in [0.2, 0.25) is 10.0 Å². The Bertz CT molecular complexity index is 696. The molecule has 2 aromatic heterocycles. The van der Waals surface area contributed by atoms with E-state index in [2.05, 4.69) is 14.7 Å². The molecule has 0 aliphatic heterocycles. The Balaban J connectivity index is 1.90. The Kier molecular flexibility index (Phi) is 4.99. The second kappa shape index (κ2) is 6.74. The molecule has 0 aliphatic rings. The first-order chi connectivity index (χ1) is 9.99. The van der Waals surface area contributed by atoms with Gasteiger partial charge in [-0.2, -0.15) is 0 Å². The topological polar surface area (TPSA) is 103 Å². The van der Waals surface area contributed by atoms with Gasteiger partial charge in [0.1, 0.15) is 9.88 Å². The molecule has 0 radical (unpaired) electrons. The van der Waals surface area contributed by atoms with Gasteiger partial charge in [-0.05, 0) is 18.6 Å². The summed E-state index contributed by atoms with van der Waals surface area (Å²) in [4.78, 5) is 8.05. The van der Waals surface area contributed by atoms with Gasteiger partial charge >= 0.3 is 0 Å². The minimum Gasteiger partial charge on any atom is -0.388 e. The van der Waals surface area contributed by atoms with Crippen LogP contribution in [0.15, 0.2) is 41.9 Å². The number of sulfonamides is 1. The number of aryl methyl sites for hydroxylation is 1. The molecule has 112 valence electrons. The summed E-state index contributed by atoms with van der Waals surface area (Å²) in [7, 11) is -3.57. The minimum absolute atomic E-state index is 0.0881. The largest absolute Gasteiger partial charge is 0.388 e.